The average molecular weight is 231 g/mol. The molecule has 2 rings (SSSR count). The number of benzene rings is 1. The molecule has 0 aliphatic heterocycles. The van der Waals surface area contributed by atoms with Crippen molar-refractivity contribution in [3.63, 3.8) is 0 Å². The van der Waals surface area contributed by atoms with E-state index in [1.54, 1.807) is 0 Å². The molecule has 0 aliphatic carbocycles. The van der Waals surface area contributed by atoms with E-state index < -0.39 is 0 Å². The first-order valence-electron chi connectivity index (χ1n) is 6.06. The van der Waals surface area contributed by atoms with Gasteiger partial charge in [0.1, 0.15) is 5.75 Å². The Hall–Kier alpha value is -1.77. The second-order valence-electron chi connectivity index (χ2n) is 4.10. The van der Waals surface area contributed by atoms with Crippen molar-refractivity contribution >= 4 is 10.9 Å². The van der Waals surface area contributed by atoms with Crippen LogP contribution in [0.25, 0.3) is 10.9 Å². The van der Waals surface area contributed by atoms with Gasteiger partial charge < -0.3 is 9.72 Å². The minimum absolute atomic E-state index is 0.0953. The minimum Gasteiger partial charge on any atom is -0.491 e. The molecule has 0 radical (unpaired) electrons. The number of pyridine rings is 1. The first-order valence-corrected chi connectivity index (χ1v) is 6.06. The molecule has 1 aromatic heterocycles. The Bertz CT molecular complexity index is 545. The van der Waals surface area contributed by atoms with E-state index in [1.165, 1.54) is 18.9 Å². The number of para-hydroxylation sites is 1. The van der Waals surface area contributed by atoms with Gasteiger partial charge in [-0.2, -0.15) is 0 Å². The summed E-state index contributed by atoms with van der Waals surface area (Å²) in [4.78, 5) is 14.1. The number of aromatic nitrogens is 1. The van der Waals surface area contributed by atoms with E-state index in [-0.39, 0.29) is 5.56 Å². The summed E-state index contributed by atoms with van der Waals surface area (Å²) in [5, 5.41) is 0.998. The van der Waals surface area contributed by atoms with E-state index in [1.807, 2.05) is 24.3 Å². The lowest BCUT2D eigenvalue weighted by atomic mass is 10.2. The highest BCUT2D eigenvalue weighted by atomic mass is 16.5. The molecule has 0 unspecified atom stereocenters. The zero-order valence-corrected chi connectivity index (χ0v) is 10.0. The van der Waals surface area contributed by atoms with Crippen LogP contribution in [0.3, 0.4) is 0 Å². The fraction of sp³-hybridized carbons (Fsp3) is 0.357. The lowest BCUT2D eigenvalue weighted by Crippen LogP contribution is -2.05. The van der Waals surface area contributed by atoms with Crippen LogP contribution in [0.1, 0.15) is 26.2 Å². The zero-order chi connectivity index (χ0) is 12.1. The van der Waals surface area contributed by atoms with Gasteiger partial charge in [0, 0.05) is 11.5 Å². The van der Waals surface area contributed by atoms with Gasteiger partial charge in [0.05, 0.1) is 12.1 Å². The molecule has 1 heterocycles. The summed E-state index contributed by atoms with van der Waals surface area (Å²) in [6, 6.07) is 9.14. The highest BCUT2D eigenvalue weighted by Crippen LogP contribution is 2.22. The topological polar surface area (TPSA) is 42.1 Å². The molecule has 0 atom stereocenters. The summed E-state index contributed by atoms with van der Waals surface area (Å²) < 4.78 is 5.71. The van der Waals surface area contributed by atoms with Gasteiger partial charge in [0.2, 0.25) is 5.56 Å². The second kappa shape index (κ2) is 5.53. The van der Waals surface area contributed by atoms with E-state index in [4.69, 9.17) is 4.74 Å². The van der Waals surface area contributed by atoms with Crippen molar-refractivity contribution in [3.8, 4) is 5.75 Å². The molecular weight excluding hydrogens is 214 g/mol. The Morgan fingerprint density at radius 3 is 2.88 bits per heavy atom. The van der Waals surface area contributed by atoms with E-state index >= 15 is 0 Å². The SMILES string of the molecule is CCCCCOc1cccc2ccc(=O)[nH]c12. The standard InChI is InChI=1S/C14H17NO2/c1-2-3-4-10-17-12-7-5-6-11-8-9-13(16)15-14(11)12/h5-9H,2-4,10H2,1H3,(H,15,16). The molecule has 0 bridgehead atoms. The van der Waals surface area contributed by atoms with Gasteiger partial charge in [-0.05, 0) is 18.6 Å². The first kappa shape index (κ1) is 11.7. The number of H-pyrrole nitrogens is 1. The molecule has 0 amide bonds. The van der Waals surface area contributed by atoms with Crippen LogP contribution in [0.4, 0.5) is 0 Å². The molecule has 0 spiro atoms. The molecule has 2 aromatic rings. The van der Waals surface area contributed by atoms with Crippen molar-refractivity contribution in [1.82, 2.24) is 4.98 Å². The number of aromatic amines is 1. The van der Waals surface area contributed by atoms with Crippen LogP contribution in [-0.4, -0.2) is 11.6 Å². The first-order chi connectivity index (χ1) is 8.31. The molecule has 1 aromatic carbocycles. The predicted octanol–water partition coefficient (Wildman–Crippen LogP) is 3.10. The Kier molecular flexibility index (Phi) is 3.81. The van der Waals surface area contributed by atoms with Crippen molar-refractivity contribution in [3.05, 3.63) is 40.7 Å². The van der Waals surface area contributed by atoms with E-state index in [0.29, 0.717) is 6.61 Å². The number of hydrogen-bond donors (Lipinski definition) is 1. The Balaban J connectivity index is 2.21. The van der Waals surface area contributed by atoms with E-state index in [2.05, 4.69) is 11.9 Å². The number of ether oxygens (including phenoxy) is 1. The van der Waals surface area contributed by atoms with Gasteiger partial charge in [-0.1, -0.05) is 31.9 Å². The lowest BCUT2D eigenvalue weighted by molar-refractivity contribution is 0.309. The number of fused-ring (bicyclic) bond motifs is 1. The molecule has 3 heteroatoms. The monoisotopic (exact) mass is 231 g/mol. The average Bonchev–Trinajstić information content (AvgIpc) is 2.35. The molecular formula is C14H17NO2. The van der Waals surface area contributed by atoms with Gasteiger partial charge in [0.15, 0.2) is 0 Å². The van der Waals surface area contributed by atoms with Crippen LogP contribution in [0.15, 0.2) is 35.1 Å². The molecule has 0 fully saturated rings. The largest absolute Gasteiger partial charge is 0.491 e. The molecule has 0 saturated heterocycles. The van der Waals surface area contributed by atoms with Gasteiger partial charge in [-0.15, -0.1) is 0 Å². The smallest absolute Gasteiger partial charge is 0.248 e. The number of nitrogens with one attached hydrogen (secondary N) is 1. The number of rotatable bonds is 5. The molecule has 0 saturated carbocycles. The quantitative estimate of drug-likeness (QED) is 0.803. The van der Waals surface area contributed by atoms with Crippen LogP contribution in [0, 0.1) is 0 Å². The van der Waals surface area contributed by atoms with Crippen LogP contribution < -0.4 is 10.3 Å². The third-order valence-corrected chi connectivity index (χ3v) is 2.73. The van der Waals surface area contributed by atoms with E-state index in [9.17, 15) is 4.79 Å². The van der Waals surface area contributed by atoms with Crippen molar-refractivity contribution in [2.24, 2.45) is 0 Å². The Morgan fingerprint density at radius 1 is 1.18 bits per heavy atom. The zero-order valence-electron chi connectivity index (χ0n) is 10.0. The van der Waals surface area contributed by atoms with Crippen molar-refractivity contribution < 1.29 is 4.74 Å². The summed E-state index contributed by atoms with van der Waals surface area (Å²) >= 11 is 0. The molecule has 3 nitrogen and oxygen atoms in total. The van der Waals surface area contributed by atoms with Crippen LogP contribution in [-0.2, 0) is 0 Å². The summed E-state index contributed by atoms with van der Waals surface area (Å²) in [5.74, 6) is 0.760. The number of hydrogen-bond acceptors (Lipinski definition) is 2. The second-order valence-corrected chi connectivity index (χ2v) is 4.10. The van der Waals surface area contributed by atoms with Crippen molar-refractivity contribution in [2.45, 2.75) is 26.2 Å². The maximum Gasteiger partial charge on any atom is 0.248 e. The summed E-state index contributed by atoms with van der Waals surface area (Å²) in [6.45, 7) is 2.86. The van der Waals surface area contributed by atoms with Gasteiger partial charge in [0.25, 0.3) is 0 Å². The summed E-state index contributed by atoms with van der Waals surface area (Å²) in [5.41, 5.74) is 0.693. The lowest BCUT2D eigenvalue weighted by Gasteiger charge is -2.08. The van der Waals surface area contributed by atoms with Gasteiger partial charge in [-0.25, -0.2) is 0 Å². The van der Waals surface area contributed by atoms with Crippen LogP contribution in [0.5, 0.6) is 5.75 Å². The molecule has 1 N–H and O–H groups in total. The molecule has 90 valence electrons. The third-order valence-electron chi connectivity index (χ3n) is 2.73. The molecule has 0 aliphatic rings. The predicted molar refractivity (Wildman–Crippen MR) is 69.6 cm³/mol. The summed E-state index contributed by atoms with van der Waals surface area (Å²) in [7, 11) is 0. The van der Waals surface area contributed by atoms with Crippen molar-refractivity contribution in [1.29, 1.82) is 0 Å². The van der Waals surface area contributed by atoms with Gasteiger partial charge in [-0.3, -0.25) is 4.79 Å². The fourth-order valence-electron chi connectivity index (χ4n) is 1.81. The molecule has 17 heavy (non-hydrogen) atoms. The highest BCUT2D eigenvalue weighted by molar-refractivity contribution is 5.84. The Labute approximate surface area is 100 Å². The third kappa shape index (κ3) is 2.87. The normalized spacial score (nSPS) is 10.6. The maximum atomic E-state index is 11.3. The number of unbranched alkanes of at least 4 members (excludes halogenated alkanes) is 2. The minimum atomic E-state index is -0.0953. The van der Waals surface area contributed by atoms with Crippen LogP contribution in [0.2, 0.25) is 0 Å². The highest BCUT2D eigenvalue weighted by Gasteiger charge is 2.02. The maximum absolute atomic E-state index is 11.3. The van der Waals surface area contributed by atoms with Crippen molar-refractivity contribution in [2.75, 3.05) is 6.61 Å². The fourth-order valence-corrected chi connectivity index (χ4v) is 1.81. The van der Waals surface area contributed by atoms with E-state index in [0.717, 1.165) is 23.1 Å². The van der Waals surface area contributed by atoms with Gasteiger partial charge >= 0.3 is 0 Å². The summed E-state index contributed by atoms with van der Waals surface area (Å²) in [6.07, 6.45) is 3.39. The van der Waals surface area contributed by atoms with Crippen LogP contribution >= 0.6 is 0 Å². The Morgan fingerprint density at radius 2 is 2.06 bits per heavy atom.